The molecular weight excluding hydrogens is 212 g/mol. The van der Waals surface area contributed by atoms with Crippen molar-refractivity contribution >= 4 is 0 Å². The van der Waals surface area contributed by atoms with E-state index < -0.39 is 0 Å². The zero-order valence-electron chi connectivity index (χ0n) is 11.2. The van der Waals surface area contributed by atoms with E-state index in [1.165, 1.54) is 0 Å². The van der Waals surface area contributed by atoms with Crippen LogP contribution >= 0.6 is 0 Å². The predicted molar refractivity (Wildman–Crippen MR) is 68.6 cm³/mol. The van der Waals surface area contributed by atoms with Crippen molar-refractivity contribution in [3.05, 3.63) is 17.7 Å². The molecule has 1 rings (SSSR count). The average Bonchev–Trinajstić information content (AvgIpc) is 2.79. The lowest BCUT2D eigenvalue weighted by atomic mass is 10.2. The molecular formula is C13H22N4. The van der Waals surface area contributed by atoms with E-state index >= 15 is 0 Å². The van der Waals surface area contributed by atoms with Crippen molar-refractivity contribution in [1.29, 1.82) is 5.26 Å². The SMILES string of the molecule is CCCNC(C)c1cn(C(C)C#N)c(CC)n1. The van der Waals surface area contributed by atoms with Crippen molar-refractivity contribution in [1.82, 2.24) is 14.9 Å². The van der Waals surface area contributed by atoms with Crippen LogP contribution in [0.3, 0.4) is 0 Å². The fourth-order valence-corrected chi connectivity index (χ4v) is 1.79. The van der Waals surface area contributed by atoms with Crippen LogP contribution in [-0.2, 0) is 6.42 Å². The highest BCUT2D eigenvalue weighted by Gasteiger charge is 2.14. The Hall–Kier alpha value is -1.34. The molecule has 0 aliphatic carbocycles. The number of aryl methyl sites for hydroxylation is 1. The van der Waals surface area contributed by atoms with Crippen LogP contribution in [0.5, 0.6) is 0 Å². The molecule has 0 amide bonds. The molecule has 17 heavy (non-hydrogen) atoms. The summed E-state index contributed by atoms with van der Waals surface area (Å²) in [6, 6.07) is 2.35. The van der Waals surface area contributed by atoms with Gasteiger partial charge < -0.3 is 9.88 Å². The van der Waals surface area contributed by atoms with Crippen LogP contribution in [0.2, 0.25) is 0 Å². The number of nitriles is 1. The van der Waals surface area contributed by atoms with Gasteiger partial charge in [0.1, 0.15) is 11.9 Å². The number of hydrogen-bond acceptors (Lipinski definition) is 3. The Morgan fingerprint density at radius 1 is 1.47 bits per heavy atom. The zero-order chi connectivity index (χ0) is 12.8. The number of aromatic nitrogens is 2. The first kappa shape index (κ1) is 13.7. The molecule has 0 radical (unpaired) electrons. The van der Waals surface area contributed by atoms with Gasteiger partial charge in [-0.25, -0.2) is 4.98 Å². The topological polar surface area (TPSA) is 53.6 Å². The third-order valence-electron chi connectivity index (χ3n) is 2.89. The van der Waals surface area contributed by atoms with Gasteiger partial charge in [-0.3, -0.25) is 0 Å². The van der Waals surface area contributed by atoms with E-state index in [0.717, 1.165) is 30.9 Å². The number of nitrogens with zero attached hydrogens (tertiary/aromatic N) is 3. The zero-order valence-corrected chi connectivity index (χ0v) is 11.2. The monoisotopic (exact) mass is 234 g/mol. The smallest absolute Gasteiger partial charge is 0.119 e. The quantitative estimate of drug-likeness (QED) is 0.823. The second-order valence-corrected chi connectivity index (χ2v) is 4.32. The Bertz CT molecular complexity index is 389. The first-order chi connectivity index (χ1) is 8.13. The van der Waals surface area contributed by atoms with E-state index in [2.05, 4.69) is 37.1 Å². The van der Waals surface area contributed by atoms with Gasteiger partial charge in [0, 0.05) is 18.7 Å². The number of imidazole rings is 1. The lowest BCUT2D eigenvalue weighted by Crippen LogP contribution is -2.19. The molecule has 0 bridgehead atoms. The normalized spacial score (nSPS) is 14.3. The second-order valence-electron chi connectivity index (χ2n) is 4.32. The Labute approximate surface area is 104 Å². The summed E-state index contributed by atoms with van der Waals surface area (Å²) in [6.45, 7) is 9.21. The summed E-state index contributed by atoms with van der Waals surface area (Å²) in [7, 11) is 0. The molecule has 0 fully saturated rings. The Balaban J connectivity index is 2.88. The lowest BCUT2D eigenvalue weighted by Gasteiger charge is -2.09. The van der Waals surface area contributed by atoms with Crippen LogP contribution in [0.15, 0.2) is 6.20 Å². The highest BCUT2D eigenvalue weighted by atomic mass is 15.1. The van der Waals surface area contributed by atoms with Crippen LogP contribution in [-0.4, -0.2) is 16.1 Å². The van der Waals surface area contributed by atoms with Gasteiger partial charge in [0.15, 0.2) is 0 Å². The molecule has 1 heterocycles. The summed E-state index contributed by atoms with van der Waals surface area (Å²) in [5, 5.41) is 12.4. The van der Waals surface area contributed by atoms with E-state index in [1.54, 1.807) is 0 Å². The van der Waals surface area contributed by atoms with E-state index in [1.807, 2.05) is 17.7 Å². The van der Waals surface area contributed by atoms with Crippen molar-refractivity contribution in [2.45, 2.75) is 52.6 Å². The van der Waals surface area contributed by atoms with Crippen LogP contribution in [0.1, 0.15) is 57.7 Å². The molecule has 0 aromatic carbocycles. The molecule has 1 aromatic heterocycles. The average molecular weight is 234 g/mol. The maximum Gasteiger partial charge on any atom is 0.119 e. The molecule has 1 aromatic rings. The van der Waals surface area contributed by atoms with Gasteiger partial charge in [-0.15, -0.1) is 0 Å². The van der Waals surface area contributed by atoms with Crippen molar-refractivity contribution < 1.29 is 0 Å². The Morgan fingerprint density at radius 3 is 2.71 bits per heavy atom. The molecule has 2 atom stereocenters. The van der Waals surface area contributed by atoms with Gasteiger partial charge in [-0.2, -0.15) is 5.26 Å². The summed E-state index contributed by atoms with van der Waals surface area (Å²) in [5.41, 5.74) is 1.03. The molecule has 4 nitrogen and oxygen atoms in total. The minimum atomic E-state index is -0.149. The first-order valence-electron chi connectivity index (χ1n) is 6.34. The van der Waals surface area contributed by atoms with Crippen LogP contribution < -0.4 is 5.32 Å². The second kappa shape index (κ2) is 6.41. The van der Waals surface area contributed by atoms with Gasteiger partial charge >= 0.3 is 0 Å². The van der Waals surface area contributed by atoms with Crippen molar-refractivity contribution in [3.63, 3.8) is 0 Å². The highest BCUT2D eigenvalue weighted by molar-refractivity contribution is 5.11. The van der Waals surface area contributed by atoms with Crippen LogP contribution in [0.4, 0.5) is 0 Å². The predicted octanol–water partition coefficient (Wildman–Crippen LogP) is 2.59. The summed E-state index contributed by atoms with van der Waals surface area (Å²) in [4.78, 5) is 4.60. The van der Waals surface area contributed by atoms with Gasteiger partial charge in [-0.1, -0.05) is 13.8 Å². The summed E-state index contributed by atoms with van der Waals surface area (Å²) in [5.74, 6) is 0.985. The first-order valence-corrected chi connectivity index (χ1v) is 6.34. The van der Waals surface area contributed by atoms with Gasteiger partial charge in [0.05, 0.1) is 11.8 Å². The van der Waals surface area contributed by atoms with Gasteiger partial charge in [-0.05, 0) is 26.8 Å². The Kier molecular flexibility index (Phi) is 5.17. The van der Waals surface area contributed by atoms with E-state index in [-0.39, 0.29) is 12.1 Å². The number of rotatable bonds is 6. The molecule has 94 valence electrons. The van der Waals surface area contributed by atoms with Crippen molar-refractivity contribution in [3.8, 4) is 6.07 Å². The van der Waals surface area contributed by atoms with Gasteiger partial charge in [0.2, 0.25) is 0 Å². The maximum absolute atomic E-state index is 8.98. The van der Waals surface area contributed by atoms with Gasteiger partial charge in [0.25, 0.3) is 0 Å². The third-order valence-corrected chi connectivity index (χ3v) is 2.89. The molecule has 4 heteroatoms. The maximum atomic E-state index is 8.98. The molecule has 0 spiro atoms. The fourth-order valence-electron chi connectivity index (χ4n) is 1.79. The summed E-state index contributed by atoms with van der Waals surface area (Å²) < 4.78 is 1.97. The largest absolute Gasteiger partial charge is 0.318 e. The molecule has 0 saturated carbocycles. The highest BCUT2D eigenvalue weighted by Crippen LogP contribution is 2.17. The summed E-state index contributed by atoms with van der Waals surface area (Å²) in [6.07, 6.45) is 3.97. The van der Waals surface area contributed by atoms with E-state index in [9.17, 15) is 0 Å². The minimum absolute atomic E-state index is 0.149. The van der Waals surface area contributed by atoms with Crippen LogP contribution in [0, 0.1) is 11.3 Å². The standard InChI is InChI=1S/C13H22N4/c1-5-7-15-11(4)12-9-17(10(3)8-14)13(6-2)16-12/h9-11,15H,5-7H2,1-4H3. The summed E-state index contributed by atoms with van der Waals surface area (Å²) >= 11 is 0. The number of nitrogens with one attached hydrogen (secondary N) is 1. The van der Waals surface area contributed by atoms with E-state index in [0.29, 0.717) is 0 Å². The Morgan fingerprint density at radius 2 is 2.18 bits per heavy atom. The molecule has 0 aliphatic rings. The van der Waals surface area contributed by atoms with Crippen molar-refractivity contribution in [2.75, 3.05) is 6.54 Å². The number of hydrogen-bond donors (Lipinski definition) is 1. The molecule has 0 saturated heterocycles. The third kappa shape index (κ3) is 3.31. The fraction of sp³-hybridized carbons (Fsp3) is 0.692. The van der Waals surface area contributed by atoms with Crippen LogP contribution in [0.25, 0.3) is 0 Å². The van der Waals surface area contributed by atoms with E-state index in [4.69, 9.17) is 5.26 Å². The minimum Gasteiger partial charge on any atom is -0.318 e. The molecule has 1 N–H and O–H groups in total. The van der Waals surface area contributed by atoms with Crippen molar-refractivity contribution in [2.24, 2.45) is 0 Å². The lowest BCUT2D eigenvalue weighted by molar-refractivity contribution is 0.559. The molecule has 0 aliphatic heterocycles. The molecule has 2 unspecified atom stereocenters.